The molecule has 10 heteroatoms. The van der Waals surface area contributed by atoms with Gasteiger partial charge in [0, 0.05) is 16.0 Å². The molecule has 0 aliphatic heterocycles. The Kier molecular flexibility index (Phi) is 3.52. The minimum absolute atomic E-state index is 0.0550. The van der Waals surface area contributed by atoms with Crippen LogP contribution in [0.1, 0.15) is 21.9 Å². The van der Waals surface area contributed by atoms with Crippen LogP contribution in [0.5, 0.6) is 0 Å². The number of aromatic nitrogens is 3. The van der Waals surface area contributed by atoms with Gasteiger partial charge in [-0.05, 0) is 25.1 Å². The number of nitrogens with one attached hydrogen (secondary N) is 2. The van der Waals surface area contributed by atoms with E-state index in [0.29, 0.717) is 21.6 Å². The maximum atomic E-state index is 12.4. The van der Waals surface area contributed by atoms with E-state index in [2.05, 4.69) is 15.4 Å². The van der Waals surface area contributed by atoms with E-state index in [4.69, 9.17) is 16.0 Å². The number of alkyl halides is 3. The van der Waals surface area contributed by atoms with Gasteiger partial charge >= 0.3 is 6.18 Å². The van der Waals surface area contributed by atoms with Crippen molar-refractivity contribution in [3.05, 3.63) is 40.4 Å². The van der Waals surface area contributed by atoms with Gasteiger partial charge in [-0.2, -0.15) is 18.2 Å². The fourth-order valence-corrected chi connectivity index (χ4v) is 2.18. The molecule has 1 aromatic carbocycles. The fraction of sp³-hybridized carbons (Fsp3) is 0.154. The third kappa shape index (κ3) is 2.87. The number of halogens is 4. The fourth-order valence-electron chi connectivity index (χ4n) is 2.01. The van der Waals surface area contributed by atoms with Crippen LogP contribution in [0.4, 0.5) is 19.1 Å². The first kappa shape index (κ1) is 15.3. The van der Waals surface area contributed by atoms with Crippen molar-refractivity contribution in [2.45, 2.75) is 13.1 Å². The predicted molar refractivity (Wildman–Crippen MR) is 75.3 cm³/mol. The molecular formula is C13H8ClF3N4O2. The number of carbonyl (C=O) groups excluding carboxylic acids is 1. The van der Waals surface area contributed by atoms with Gasteiger partial charge in [0.15, 0.2) is 5.76 Å². The maximum Gasteiger partial charge on any atom is 0.451 e. The third-order valence-electron chi connectivity index (χ3n) is 3.08. The van der Waals surface area contributed by atoms with Crippen LogP contribution in [-0.2, 0) is 6.18 Å². The highest BCUT2D eigenvalue weighted by Gasteiger charge is 2.35. The Balaban J connectivity index is 1.89. The second-order valence-corrected chi connectivity index (χ2v) is 5.09. The molecule has 0 spiro atoms. The van der Waals surface area contributed by atoms with E-state index in [-0.39, 0.29) is 5.76 Å². The molecule has 0 fully saturated rings. The zero-order chi connectivity index (χ0) is 16.8. The third-order valence-corrected chi connectivity index (χ3v) is 3.32. The summed E-state index contributed by atoms with van der Waals surface area (Å²) in [5, 5.41) is 8.25. The lowest BCUT2D eigenvalue weighted by Crippen LogP contribution is -2.13. The summed E-state index contributed by atoms with van der Waals surface area (Å²) < 4.78 is 42.7. The molecule has 3 rings (SSSR count). The minimum Gasteiger partial charge on any atom is -0.451 e. The first-order valence-electron chi connectivity index (χ1n) is 6.25. The van der Waals surface area contributed by atoms with Gasteiger partial charge in [-0.3, -0.25) is 15.2 Å². The van der Waals surface area contributed by atoms with Crippen molar-refractivity contribution in [1.29, 1.82) is 0 Å². The van der Waals surface area contributed by atoms with E-state index < -0.39 is 23.9 Å². The molecule has 6 nitrogen and oxygen atoms in total. The molecule has 3 aromatic rings. The van der Waals surface area contributed by atoms with Crippen molar-refractivity contribution in [3.8, 4) is 0 Å². The lowest BCUT2D eigenvalue weighted by atomic mass is 10.1. The summed E-state index contributed by atoms with van der Waals surface area (Å²) in [6.07, 6.45) is -4.68. The van der Waals surface area contributed by atoms with E-state index in [1.165, 1.54) is 0 Å². The van der Waals surface area contributed by atoms with Crippen molar-refractivity contribution in [1.82, 2.24) is 15.2 Å². The normalized spacial score (nSPS) is 11.9. The summed E-state index contributed by atoms with van der Waals surface area (Å²) in [7, 11) is 0. The molecule has 0 saturated heterocycles. The van der Waals surface area contributed by atoms with Gasteiger partial charge < -0.3 is 4.42 Å². The van der Waals surface area contributed by atoms with Crippen molar-refractivity contribution in [2.75, 3.05) is 5.32 Å². The lowest BCUT2D eigenvalue weighted by molar-refractivity contribution is -0.144. The van der Waals surface area contributed by atoms with Crippen LogP contribution >= 0.6 is 11.6 Å². The van der Waals surface area contributed by atoms with Crippen molar-refractivity contribution in [2.24, 2.45) is 0 Å². The van der Waals surface area contributed by atoms with Crippen LogP contribution in [-0.4, -0.2) is 21.1 Å². The topological polar surface area (TPSA) is 83.8 Å². The van der Waals surface area contributed by atoms with E-state index in [0.717, 1.165) is 0 Å². The molecule has 2 heterocycles. The largest absolute Gasteiger partial charge is 0.451 e. The Morgan fingerprint density at radius 2 is 2.13 bits per heavy atom. The van der Waals surface area contributed by atoms with Crippen molar-refractivity contribution in [3.63, 3.8) is 0 Å². The number of furan rings is 1. The molecule has 0 aliphatic rings. The van der Waals surface area contributed by atoms with Gasteiger partial charge in [-0.25, -0.2) is 0 Å². The van der Waals surface area contributed by atoms with Crippen LogP contribution in [0.25, 0.3) is 11.0 Å². The molecule has 1 amide bonds. The molecule has 0 radical (unpaired) electrons. The standard InChI is InChI=1S/C13H8ClF3N4O2/c1-5-7-4-6(14)2-3-8(7)23-9(5)10(22)18-12-19-11(20-21-12)13(15,16)17/h2-4H,1H3,(H2,18,19,20,21,22). The number of carbonyl (C=O) groups is 1. The molecule has 0 aliphatic carbocycles. The SMILES string of the molecule is Cc1c(C(=O)Nc2n[nH]c(C(F)(F)F)n2)oc2ccc(Cl)cc12. The summed E-state index contributed by atoms with van der Waals surface area (Å²) in [5.74, 6) is -2.62. The minimum atomic E-state index is -4.68. The number of aromatic amines is 1. The average Bonchev–Trinajstić information content (AvgIpc) is 3.04. The van der Waals surface area contributed by atoms with Crippen molar-refractivity contribution >= 4 is 34.4 Å². The second kappa shape index (κ2) is 5.27. The van der Waals surface area contributed by atoms with Crippen molar-refractivity contribution < 1.29 is 22.4 Å². The van der Waals surface area contributed by atoms with E-state index >= 15 is 0 Å². The summed E-state index contributed by atoms with van der Waals surface area (Å²) in [4.78, 5) is 15.3. The first-order valence-corrected chi connectivity index (χ1v) is 6.63. The molecule has 120 valence electrons. The van der Waals surface area contributed by atoms with Gasteiger partial charge in [0.1, 0.15) is 5.58 Å². The molecule has 2 aromatic heterocycles. The number of benzene rings is 1. The zero-order valence-electron chi connectivity index (χ0n) is 11.5. The Bertz CT molecular complexity index is 900. The number of nitrogens with zero attached hydrogens (tertiary/aromatic N) is 2. The van der Waals surface area contributed by atoms with E-state index in [1.54, 1.807) is 30.2 Å². The van der Waals surface area contributed by atoms with Crippen LogP contribution < -0.4 is 5.32 Å². The van der Waals surface area contributed by atoms with E-state index in [1.807, 2.05) is 0 Å². The van der Waals surface area contributed by atoms with Gasteiger partial charge in [-0.15, -0.1) is 5.10 Å². The lowest BCUT2D eigenvalue weighted by Gasteiger charge is -1.99. The second-order valence-electron chi connectivity index (χ2n) is 4.66. The Labute approximate surface area is 131 Å². The quantitative estimate of drug-likeness (QED) is 0.741. The highest BCUT2D eigenvalue weighted by atomic mass is 35.5. The van der Waals surface area contributed by atoms with Gasteiger partial charge in [0.05, 0.1) is 0 Å². The molecule has 23 heavy (non-hydrogen) atoms. The molecular weight excluding hydrogens is 337 g/mol. The summed E-state index contributed by atoms with van der Waals surface area (Å²) in [6.45, 7) is 1.64. The van der Waals surface area contributed by atoms with Gasteiger partial charge in [0.2, 0.25) is 11.8 Å². The maximum absolute atomic E-state index is 12.4. The molecule has 0 atom stereocenters. The Morgan fingerprint density at radius 1 is 1.39 bits per heavy atom. The van der Waals surface area contributed by atoms with Gasteiger partial charge in [0.25, 0.3) is 5.91 Å². The molecule has 2 N–H and O–H groups in total. The van der Waals surface area contributed by atoms with Crippen LogP contribution in [0, 0.1) is 6.92 Å². The predicted octanol–water partition coefficient (Wildman–Crippen LogP) is 3.78. The number of fused-ring (bicyclic) bond motifs is 1. The zero-order valence-corrected chi connectivity index (χ0v) is 12.2. The number of hydrogen-bond acceptors (Lipinski definition) is 4. The number of anilines is 1. The highest BCUT2D eigenvalue weighted by Crippen LogP contribution is 2.29. The van der Waals surface area contributed by atoms with Crippen LogP contribution in [0.3, 0.4) is 0 Å². The molecule has 0 saturated carbocycles. The van der Waals surface area contributed by atoms with Crippen LogP contribution in [0.2, 0.25) is 5.02 Å². The number of H-pyrrole nitrogens is 1. The van der Waals surface area contributed by atoms with Gasteiger partial charge in [-0.1, -0.05) is 11.6 Å². The number of amides is 1. The Hall–Kier alpha value is -2.55. The number of hydrogen-bond donors (Lipinski definition) is 2. The average molecular weight is 345 g/mol. The summed E-state index contributed by atoms with van der Waals surface area (Å²) >= 11 is 5.88. The van der Waals surface area contributed by atoms with E-state index in [9.17, 15) is 18.0 Å². The first-order chi connectivity index (χ1) is 10.8. The summed E-state index contributed by atoms with van der Waals surface area (Å²) in [6, 6.07) is 4.82. The highest BCUT2D eigenvalue weighted by molar-refractivity contribution is 6.31. The van der Waals surface area contributed by atoms with Crippen LogP contribution in [0.15, 0.2) is 22.6 Å². The Morgan fingerprint density at radius 3 is 2.78 bits per heavy atom. The number of aryl methyl sites for hydroxylation is 1. The molecule has 0 bridgehead atoms. The number of rotatable bonds is 2. The monoisotopic (exact) mass is 344 g/mol. The summed E-state index contributed by atoms with van der Waals surface area (Å²) in [5.41, 5.74) is 0.939. The molecule has 0 unspecified atom stereocenters. The smallest absolute Gasteiger partial charge is 0.451 e.